The van der Waals surface area contributed by atoms with Crippen molar-refractivity contribution in [2.75, 3.05) is 21.3 Å². The van der Waals surface area contributed by atoms with Crippen molar-refractivity contribution in [1.82, 2.24) is 64.8 Å². The van der Waals surface area contributed by atoms with Gasteiger partial charge in [-0.2, -0.15) is 0 Å². The van der Waals surface area contributed by atoms with Crippen molar-refractivity contribution in [2.45, 2.75) is 62.3 Å². The Kier molecular flexibility index (Phi) is 33.8. The van der Waals surface area contributed by atoms with Crippen LogP contribution in [0.4, 0.5) is 22.0 Å². The lowest BCUT2D eigenvalue weighted by Crippen LogP contribution is -1.95. The van der Waals surface area contributed by atoms with Crippen molar-refractivity contribution in [1.29, 1.82) is 0 Å². The standard InChI is InChI=1S/C18H12F2N2OS.C18H13FN2OS.2C18H13FN2S.C18H14N2OS.C17H13N3S/c1-11-22-14(10-24-11)5-3-12-4-6-17(21-9-12)15-7-13(19)8-16(20)18(15)23-2;1-12-21-15(11-23-12)6-3-13-4-8-17(20-10-13)16-7-5-14(19)9-18(16)22-2;1-12-9-15(19)5-7-17(12)18-8-4-14(10-20-18)3-6-16-11-22-13(2)21-16;1-12-3-6-15(19)9-17(12)18-8-5-14(10-20-18)4-7-16-11-22-13(2)21-16;1-13-20-15(12-22-13)9-7-14-8-10-17(19-11-14)16-5-3-4-6-18(16)21-2;1-12-5-3-4-6-16(12)17-18-9-14(10-19-17)7-8-15-11-21-13(2)20-15/h4,6-10H,1-2H3;4-5,7-11H,1-2H3;4-5,7-11H,1-2H3;3,5-6,8-11H,1-2H3;3-6,8,10-12H,1-2H3;3-6,9-11H,1-2H3. The van der Waals surface area contributed by atoms with Gasteiger partial charge in [0.15, 0.2) is 17.4 Å². The van der Waals surface area contributed by atoms with E-state index in [1.807, 2.05) is 179 Å². The number of nitrogens with zero attached hydrogens (tertiary/aromatic N) is 13. The number of hydrogen-bond acceptors (Lipinski definition) is 22. The van der Waals surface area contributed by atoms with E-state index in [0.29, 0.717) is 28.4 Å². The van der Waals surface area contributed by atoms with Gasteiger partial charge in [0.05, 0.1) is 85.4 Å². The largest absolute Gasteiger partial charge is 0.496 e. The van der Waals surface area contributed by atoms with Crippen LogP contribution in [0, 0.1) is 162 Å². The molecule has 27 heteroatoms. The van der Waals surface area contributed by atoms with Crippen LogP contribution in [0.1, 0.15) is 114 Å². The summed E-state index contributed by atoms with van der Waals surface area (Å²) in [5.74, 6) is 35.9. The molecule has 0 aliphatic carbocycles. The van der Waals surface area contributed by atoms with Gasteiger partial charge in [-0.1, -0.05) is 78.0 Å². The summed E-state index contributed by atoms with van der Waals surface area (Å²) in [6.07, 6.45) is 11.9. The van der Waals surface area contributed by atoms with E-state index in [0.717, 1.165) is 166 Å². The molecule has 6 aromatic carbocycles. The lowest BCUT2D eigenvalue weighted by molar-refractivity contribution is 0.386. The van der Waals surface area contributed by atoms with E-state index < -0.39 is 11.6 Å². The van der Waals surface area contributed by atoms with Crippen molar-refractivity contribution in [3.05, 3.63) is 395 Å². The van der Waals surface area contributed by atoms with Crippen molar-refractivity contribution < 1.29 is 36.2 Å². The molecule has 0 unspecified atom stereocenters. The summed E-state index contributed by atoms with van der Waals surface area (Å²) < 4.78 is 82.6. The lowest BCUT2D eigenvalue weighted by Gasteiger charge is -2.09. The zero-order valence-corrected chi connectivity index (χ0v) is 79.0. The van der Waals surface area contributed by atoms with Gasteiger partial charge in [-0.25, -0.2) is 61.8 Å². The number of ether oxygens (including phenoxy) is 3. The molecule has 18 aromatic rings. The van der Waals surface area contributed by atoms with E-state index in [1.165, 1.54) is 68.0 Å². The molecular weight excluding hydrogens is 1800 g/mol. The molecule has 134 heavy (non-hydrogen) atoms. The highest BCUT2D eigenvalue weighted by atomic mass is 32.1. The number of thiazole rings is 6. The average Bonchev–Trinajstić information content (AvgIpc) is 0.877. The maximum Gasteiger partial charge on any atom is 0.168 e. The number of aromatic nitrogens is 13. The summed E-state index contributed by atoms with van der Waals surface area (Å²) in [5, 5.41) is 17.6. The first-order valence-corrected chi connectivity index (χ1v) is 46.1. The number of para-hydroxylation sites is 1. The van der Waals surface area contributed by atoms with Crippen LogP contribution in [0.3, 0.4) is 0 Å². The number of hydrogen-bond donors (Lipinski definition) is 0. The molecule has 18 rings (SSSR count). The molecule has 0 aliphatic rings. The molecule has 0 fully saturated rings. The second-order valence-corrected chi connectivity index (χ2v) is 35.1. The van der Waals surface area contributed by atoms with Gasteiger partial charge in [0, 0.05) is 149 Å². The Morgan fingerprint density at radius 3 is 0.918 bits per heavy atom. The zero-order chi connectivity index (χ0) is 94.4. The molecule has 660 valence electrons. The molecule has 16 nitrogen and oxygen atoms in total. The molecule has 0 radical (unpaired) electrons. The molecule has 0 N–H and O–H groups in total. The number of pyridine rings is 5. The van der Waals surface area contributed by atoms with E-state index in [-0.39, 0.29) is 28.8 Å². The fraction of sp³-hybridized carbons (Fsp3) is 0.112. The first-order chi connectivity index (χ1) is 64.9. The highest BCUT2D eigenvalue weighted by Crippen LogP contribution is 2.35. The van der Waals surface area contributed by atoms with Gasteiger partial charge in [0.25, 0.3) is 0 Å². The maximum atomic E-state index is 13.8. The van der Waals surface area contributed by atoms with Crippen LogP contribution in [-0.4, -0.2) is 86.1 Å². The fourth-order valence-corrected chi connectivity index (χ4v) is 15.6. The van der Waals surface area contributed by atoms with Gasteiger partial charge in [0.2, 0.25) is 0 Å². The first kappa shape index (κ1) is 95.9. The molecule has 0 saturated carbocycles. The first-order valence-electron chi connectivity index (χ1n) is 40.8. The van der Waals surface area contributed by atoms with Crippen LogP contribution in [0.5, 0.6) is 17.2 Å². The minimum Gasteiger partial charge on any atom is -0.496 e. The Morgan fingerprint density at radius 2 is 0.552 bits per heavy atom. The second kappa shape index (κ2) is 47.2. The van der Waals surface area contributed by atoms with Crippen molar-refractivity contribution in [3.63, 3.8) is 0 Å². The highest BCUT2D eigenvalue weighted by Gasteiger charge is 2.17. The predicted octanol–water partition coefficient (Wildman–Crippen LogP) is 24.5. The van der Waals surface area contributed by atoms with E-state index in [2.05, 4.69) is 149 Å². The number of methoxy groups -OCH3 is 3. The second-order valence-electron chi connectivity index (χ2n) is 28.7. The summed E-state index contributed by atoms with van der Waals surface area (Å²) in [4.78, 5) is 56.4. The van der Waals surface area contributed by atoms with E-state index >= 15 is 0 Å². The predicted molar refractivity (Wildman–Crippen MR) is 526 cm³/mol. The van der Waals surface area contributed by atoms with Gasteiger partial charge >= 0.3 is 0 Å². The fourth-order valence-electron chi connectivity index (χ4n) is 12.3. The number of halogens is 5. The average molecular weight is 1880 g/mol. The lowest BCUT2D eigenvalue weighted by atomic mass is 10.0. The smallest absolute Gasteiger partial charge is 0.168 e. The summed E-state index contributed by atoms with van der Waals surface area (Å²) in [5.41, 5.74) is 20.7. The Bertz CT molecular complexity index is 7560. The molecule has 0 saturated heterocycles. The van der Waals surface area contributed by atoms with Crippen LogP contribution in [0.15, 0.2) is 252 Å². The number of aryl methyl sites for hydroxylation is 9. The Balaban J connectivity index is 0.000000136. The van der Waals surface area contributed by atoms with Crippen molar-refractivity contribution in [3.8, 4) is 156 Å². The maximum absolute atomic E-state index is 13.8. The summed E-state index contributed by atoms with van der Waals surface area (Å²) in [6.45, 7) is 17.6. The summed E-state index contributed by atoms with van der Waals surface area (Å²) >= 11 is 9.46. The third-order valence-corrected chi connectivity index (χ3v) is 23.5. The molecule has 0 spiro atoms. The Morgan fingerprint density at radius 1 is 0.239 bits per heavy atom. The third-order valence-electron chi connectivity index (χ3n) is 18.8. The van der Waals surface area contributed by atoms with Crippen LogP contribution in [0.2, 0.25) is 0 Å². The van der Waals surface area contributed by atoms with Crippen LogP contribution >= 0.6 is 68.0 Å². The molecular formula is C107H78F5N13O3S6. The molecule has 0 bridgehead atoms. The summed E-state index contributed by atoms with van der Waals surface area (Å²) in [7, 11) is 4.50. The quantitative estimate of drug-likeness (QED) is 0.0977. The van der Waals surface area contributed by atoms with Crippen molar-refractivity contribution >= 4 is 68.0 Å². The molecule has 0 atom stereocenters. The highest BCUT2D eigenvalue weighted by molar-refractivity contribution is 7.11. The number of benzene rings is 6. The molecule has 12 heterocycles. The van der Waals surface area contributed by atoms with Gasteiger partial charge in [0.1, 0.15) is 68.9 Å². The topological polar surface area (TPSA) is 195 Å². The van der Waals surface area contributed by atoms with Gasteiger partial charge in [-0.15, -0.1) is 68.0 Å². The van der Waals surface area contributed by atoms with Gasteiger partial charge < -0.3 is 14.2 Å². The minimum atomic E-state index is -0.767. The van der Waals surface area contributed by atoms with E-state index in [9.17, 15) is 22.0 Å². The molecule has 0 amide bonds. The van der Waals surface area contributed by atoms with Crippen LogP contribution in [-0.2, 0) is 0 Å². The minimum absolute atomic E-state index is 0.0410. The normalized spacial score (nSPS) is 10.1. The summed E-state index contributed by atoms with van der Waals surface area (Å²) in [6, 6.07) is 50.2. The van der Waals surface area contributed by atoms with E-state index in [1.54, 1.807) is 138 Å². The van der Waals surface area contributed by atoms with E-state index in [4.69, 9.17) is 14.2 Å². The third kappa shape index (κ3) is 27.9. The zero-order valence-electron chi connectivity index (χ0n) is 74.1. The molecule has 0 aliphatic heterocycles. The Hall–Kier alpha value is -15.7. The SMILES string of the molecule is COc1c(F)cc(F)cc1-c1ccc(C#Cc2csc(C)n2)cn1.COc1cc(F)ccc1-c1ccc(C#Cc2csc(C)n2)cn1.COc1ccccc1-c1ccc(C#Cc2csc(C)n2)cn1.Cc1nc(C#Cc2ccc(-c3cc(F)ccc3C)nc2)cs1.Cc1nc(C#Cc2ccc(-c3ccc(F)cc3C)nc2)cs1.Cc1nc(C#Cc2cnc(-c3ccccc3C)nc2)cs1. The van der Waals surface area contributed by atoms with Gasteiger partial charge in [-0.3, -0.25) is 24.9 Å². The van der Waals surface area contributed by atoms with Crippen molar-refractivity contribution in [2.24, 2.45) is 0 Å². The van der Waals surface area contributed by atoms with Gasteiger partial charge in [-0.05, 0) is 236 Å². The van der Waals surface area contributed by atoms with Crippen LogP contribution in [0.25, 0.3) is 67.7 Å². The van der Waals surface area contributed by atoms with Crippen LogP contribution < -0.4 is 14.2 Å². The molecule has 12 aromatic heterocycles. The Labute approximate surface area is 797 Å². The number of rotatable bonds is 9. The monoisotopic (exact) mass is 1880 g/mol.